The van der Waals surface area contributed by atoms with Crippen LogP contribution in [0.4, 0.5) is 31.2 Å². The van der Waals surface area contributed by atoms with Gasteiger partial charge >= 0.3 is 12.1 Å². The van der Waals surface area contributed by atoms with Crippen molar-refractivity contribution < 1.29 is 19.1 Å². The van der Waals surface area contributed by atoms with E-state index in [2.05, 4.69) is 15.6 Å². The first-order valence-electron chi connectivity index (χ1n) is 10.8. The number of carbonyl (C=O) groups excluding carboxylic acids is 1. The molecule has 9 nitrogen and oxygen atoms in total. The second-order valence-corrected chi connectivity index (χ2v) is 8.21. The molecule has 0 saturated heterocycles. The number of hydrogen-bond acceptors (Lipinski definition) is 4. The van der Waals surface area contributed by atoms with E-state index in [-0.39, 0.29) is 34.2 Å². The summed E-state index contributed by atoms with van der Waals surface area (Å²) in [5.41, 5.74) is 0.791. The van der Waals surface area contributed by atoms with Crippen LogP contribution in [0.2, 0.25) is 5.02 Å². The maximum Gasteiger partial charge on any atom is 0.412 e. The number of hydrogen-bond donors (Lipinski definition) is 3. The van der Waals surface area contributed by atoms with E-state index in [0.29, 0.717) is 16.6 Å². The maximum atomic E-state index is 14.7. The molecule has 0 radical (unpaired) electrons. The second kappa shape index (κ2) is 10.0. The maximum absolute atomic E-state index is 14.7. The standard InChI is InChI=1S/C25H21ClFN5O4/c1-3-32-21-12-22(31(2)25(35)36)28-13-14(21)9-17(23(32)33)16-10-20(19(27)11-18(16)26)30-24(34)29-15-7-5-4-6-8-15/h4-13H,3H2,1-2H3,(H,35,36)(H2,29,30,34). The zero-order valence-corrected chi connectivity index (χ0v) is 20.0. The fraction of sp³-hybridized carbons (Fsp3) is 0.120. The number of carboxylic acid groups (broad SMARTS) is 1. The molecule has 3 N–H and O–H groups in total. The van der Waals surface area contributed by atoms with Gasteiger partial charge in [-0.15, -0.1) is 0 Å². The molecule has 0 aliphatic rings. The molecule has 0 spiro atoms. The first-order chi connectivity index (χ1) is 17.2. The molecule has 4 aromatic rings. The number of urea groups is 1. The Labute approximate surface area is 209 Å². The molecule has 184 valence electrons. The van der Waals surface area contributed by atoms with E-state index in [4.69, 9.17) is 11.6 Å². The summed E-state index contributed by atoms with van der Waals surface area (Å²) in [6.45, 7) is 2.03. The molecule has 0 atom stereocenters. The molecule has 0 unspecified atom stereocenters. The van der Waals surface area contributed by atoms with Crippen molar-refractivity contribution in [2.24, 2.45) is 0 Å². The molecular weight excluding hydrogens is 489 g/mol. The normalized spacial score (nSPS) is 10.8. The molecule has 0 aliphatic heterocycles. The summed E-state index contributed by atoms with van der Waals surface area (Å²) in [5.74, 6) is -0.619. The lowest BCUT2D eigenvalue weighted by molar-refractivity contribution is 0.203. The molecule has 2 aromatic heterocycles. The summed E-state index contributed by atoms with van der Waals surface area (Å²) in [5, 5.41) is 14.8. The lowest BCUT2D eigenvalue weighted by Gasteiger charge is -2.16. The first-order valence-corrected chi connectivity index (χ1v) is 11.2. The van der Waals surface area contributed by atoms with Crippen LogP contribution in [0.15, 0.2) is 65.6 Å². The number of amides is 3. The van der Waals surface area contributed by atoms with E-state index in [0.717, 1.165) is 11.0 Å². The van der Waals surface area contributed by atoms with Gasteiger partial charge in [0.1, 0.15) is 11.6 Å². The monoisotopic (exact) mass is 509 g/mol. The number of anilines is 3. The van der Waals surface area contributed by atoms with Gasteiger partial charge in [-0.2, -0.15) is 0 Å². The van der Waals surface area contributed by atoms with Gasteiger partial charge in [-0.1, -0.05) is 29.8 Å². The molecule has 0 fully saturated rings. The highest BCUT2D eigenvalue weighted by Gasteiger charge is 2.19. The van der Waals surface area contributed by atoms with Gasteiger partial charge in [0.15, 0.2) is 0 Å². The number of aromatic nitrogens is 2. The molecule has 0 saturated carbocycles. The predicted octanol–water partition coefficient (Wildman–Crippen LogP) is 5.63. The smallest absolute Gasteiger partial charge is 0.412 e. The van der Waals surface area contributed by atoms with Crippen LogP contribution in [0, 0.1) is 5.82 Å². The van der Waals surface area contributed by atoms with E-state index < -0.39 is 23.5 Å². The third-order valence-corrected chi connectivity index (χ3v) is 5.85. The summed E-state index contributed by atoms with van der Waals surface area (Å²) in [6.07, 6.45) is 0.251. The summed E-state index contributed by atoms with van der Waals surface area (Å²) in [6, 6.07) is 13.3. The van der Waals surface area contributed by atoms with Crippen molar-refractivity contribution in [3.8, 4) is 11.1 Å². The third-order valence-electron chi connectivity index (χ3n) is 5.54. The number of halogens is 2. The minimum absolute atomic E-state index is 0.0178. The lowest BCUT2D eigenvalue weighted by atomic mass is 10.0. The lowest BCUT2D eigenvalue weighted by Crippen LogP contribution is -2.26. The van der Waals surface area contributed by atoms with Gasteiger partial charge in [0.25, 0.3) is 5.56 Å². The largest absolute Gasteiger partial charge is 0.465 e. The topological polar surface area (TPSA) is 117 Å². The molecule has 11 heteroatoms. The Bertz CT molecular complexity index is 1540. The van der Waals surface area contributed by atoms with Crippen molar-refractivity contribution in [2.45, 2.75) is 13.5 Å². The number of rotatable bonds is 5. The van der Waals surface area contributed by atoms with Crippen LogP contribution in [-0.4, -0.2) is 33.8 Å². The van der Waals surface area contributed by atoms with Crippen LogP contribution in [0.5, 0.6) is 0 Å². The molecule has 0 bridgehead atoms. The Balaban J connectivity index is 1.77. The molecule has 2 aromatic carbocycles. The van der Waals surface area contributed by atoms with E-state index in [9.17, 15) is 23.9 Å². The minimum Gasteiger partial charge on any atom is -0.465 e. The zero-order chi connectivity index (χ0) is 26.0. The van der Waals surface area contributed by atoms with Crippen molar-refractivity contribution >= 4 is 51.8 Å². The highest BCUT2D eigenvalue weighted by Crippen LogP contribution is 2.33. The van der Waals surface area contributed by atoms with E-state index in [1.165, 1.54) is 29.9 Å². The zero-order valence-electron chi connectivity index (χ0n) is 19.3. The highest BCUT2D eigenvalue weighted by atomic mass is 35.5. The summed E-state index contributed by atoms with van der Waals surface area (Å²) >= 11 is 6.32. The Kier molecular flexibility index (Phi) is 6.89. The average Bonchev–Trinajstić information content (AvgIpc) is 2.85. The molecule has 3 amide bonds. The number of benzene rings is 2. The van der Waals surface area contributed by atoms with Gasteiger partial charge in [0, 0.05) is 48.1 Å². The van der Waals surface area contributed by atoms with Crippen LogP contribution in [0.1, 0.15) is 6.92 Å². The Morgan fingerprint density at radius 3 is 2.50 bits per heavy atom. The van der Waals surface area contributed by atoms with E-state index in [1.807, 2.05) is 0 Å². The van der Waals surface area contributed by atoms with Gasteiger partial charge in [0.2, 0.25) is 0 Å². The van der Waals surface area contributed by atoms with Crippen molar-refractivity contribution in [3.63, 3.8) is 0 Å². The van der Waals surface area contributed by atoms with Crippen LogP contribution in [0.3, 0.4) is 0 Å². The third kappa shape index (κ3) is 4.84. The number of nitrogens with one attached hydrogen (secondary N) is 2. The fourth-order valence-electron chi connectivity index (χ4n) is 3.71. The Hall–Kier alpha value is -4.44. The first kappa shape index (κ1) is 24.7. The molecule has 0 aliphatic carbocycles. The van der Waals surface area contributed by atoms with Crippen LogP contribution in [0.25, 0.3) is 22.0 Å². The average molecular weight is 510 g/mol. The Morgan fingerprint density at radius 1 is 1.11 bits per heavy atom. The van der Waals surface area contributed by atoms with Crippen molar-refractivity contribution in [3.05, 3.63) is 82.0 Å². The van der Waals surface area contributed by atoms with Gasteiger partial charge in [0.05, 0.1) is 16.2 Å². The highest BCUT2D eigenvalue weighted by molar-refractivity contribution is 6.33. The minimum atomic E-state index is -1.20. The van der Waals surface area contributed by atoms with Crippen LogP contribution in [-0.2, 0) is 6.54 Å². The quantitative estimate of drug-likeness (QED) is 0.322. The summed E-state index contributed by atoms with van der Waals surface area (Å²) in [4.78, 5) is 42.2. The van der Waals surface area contributed by atoms with Gasteiger partial charge in [-0.05, 0) is 37.3 Å². The van der Waals surface area contributed by atoms with Crippen molar-refractivity contribution in [2.75, 3.05) is 22.6 Å². The number of nitrogens with zero attached hydrogens (tertiary/aromatic N) is 3. The van der Waals surface area contributed by atoms with Crippen molar-refractivity contribution in [1.29, 1.82) is 0 Å². The molecule has 2 heterocycles. The second-order valence-electron chi connectivity index (χ2n) is 7.81. The molecular formula is C25H21ClFN5O4. The predicted molar refractivity (Wildman–Crippen MR) is 138 cm³/mol. The number of carbonyl (C=O) groups is 2. The van der Waals surface area contributed by atoms with E-state index >= 15 is 0 Å². The van der Waals surface area contributed by atoms with Crippen molar-refractivity contribution in [1.82, 2.24) is 9.55 Å². The van der Waals surface area contributed by atoms with Crippen LogP contribution >= 0.6 is 11.6 Å². The summed E-state index contributed by atoms with van der Waals surface area (Å²) in [7, 11) is 1.35. The number of para-hydroxylation sites is 1. The van der Waals surface area contributed by atoms with E-state index in [1.54, 1.807) is 43.3 Å². The molecule has 36 heavy (non-hydrogen) atoms. The van der Waals surface area contributed by atoms with Gasteiger partial charge in [-0.3, -0.25) is 9.69 Å². The number of pyridine rings is 2. The fourth-order valence-corrected chi connectivity index (χ4v) is 3.96. The summed E-state index contributed by atoms with van der Waals surface area (Å²) < 4.78 is 16.1. The molecule has 4 rings (SSSR count). The number of fused-ring (bicyclic) bond motifs is 1. The Morgan fingerprint density at radius 2 is 1.83 bits per heavy atom. The SMILES string of the molecule is CCn1c(=O)c(-c2cc(NC(=O)Nc3ccccc3)c(F)cc2Cl)cc2cnc(N(C)C(=O)O)cc21. The van der Waals surface area contributed by atoms with Gasteiger partial charge in [-0.25, -0.2) is 19.0 Å². The number of aryl methyl sites for hydroxylation is 1. The van der Waals surface area contributed by atoms with Crippen LogP contribution < -0.4 is 21.1 Å². The van der Waals surface area contributed by atoms with Gasteiger partial charge < -0.3 is 20.3 Å².